The lowest BCUT2D eigenvalue weighted by atomic mass is 9.97. The first kappa shape index (κ1) is 15.8. The third kappa shape index (κ3) is 3.83. The summed E-state index contributed by atoms with van der Waals surface area (Å²) in [5, 5.41) is 27.9. The Morgan fingerprint density at radius 2 is 1.95 bits per heavy atom. The van der Waals surface area contributed by atoms with Crippen LogP contribution in [0.1, 0.15) is 29.2 Å². The molecule has 2 N–H and O–H groups in total. The summed E-state index contributed by atoms with van der Waals surface area (Å²) in [6.45, 7) is 0. The maximum Gasteiger partial charge on any atom is 0.417 e. The number of aliphatic hydroxyl groups excluding tert-OH is 2. The third-order valence-electron chi connectivity index (χ3n) is 2.58. The monoisotopic (exact) mass is 293 g/mol. The molecule has 0 heterocycles. The minimum Gasteiger partial charge on any atom is -0.390 e. The van der Waals surface area contributed by atoms with Gasteiger partial charge in [-0.1, -0.05) is 6.07 Å². The van der Waals surface area contributed by atoms with Gasteiger partial charge in [-0.2, -0.15) is 18.4 Å². The van der Waals surface area contributed by atoms with Gasteiger partial charge in [0.05, 0.1) is 23.3 Å². The van der Waals surface area contributed by atoms with Crippen LogP contribution in [0.4, 0.5) is 13.2 Å². The van der Waals surface area contributed by atoms with Crippen molar-refractivity contribution < 1.29 is 23.4 Å². The molecule has 0 saturated heterocycles. The standard InChI is InChI=1S/C12H11ClF3NO2/c13-4-3-10(18)11(19)7-1-2-8(6-17)9(5-7)12(14,15)16/h1-2,5,10-11,18-19H,3-4H2. The Labute approximate surface area is 112 Å². The molecular weight excluding hydrogens is 283 g/mol. The van der Waals surface area contributed by atoms with Crippen molar-refractivity contribution in [3.05, 3.63) is 34.9 Å². The second-order valence-electron chi connectivity index (χ2n) is 3.90. The van der Waals surface area contributed by atoms with Gasteiger partial charge >= 0.3 is 6.18 Å². The number of benzene rings is 1. The van der Waals surface area contributed by atoms with Crippen molar-refractivity contribution in [2.45, 2.75) is 24.8 Å². The van der Waals surface area contributed by atoms with Crippen LogP contribution in [0.25, 0.3) is 0 Å². The van der Waals surface area contributed by atoms with E-state index in [1.54, 1.807) is 0 Å². The normalized spacial score (nSPS) is 14.8. The van der Waals surface area contributed by atoms with Crippen LogP contribution in [0.3, 0.4) is 0 Å². The van der Waals surface area contributed by atoms with E-state index in [1.807, 2.05) is 0 Å². The molecule has 0 aliphatic carbocycles. The maximum atomic E-state index is 12.7. The maximum absolute atomic E-state index is 12.7. The fraction of sp³-hybridized carbons (Fsp3) is 0.417. The molecule has 0 spiro atoms. The molecule has 7 heteroatoms. The fourth-order valence-electron chi connectivity index (χ4n) is 1.57. The molecule has 2 atom stereocenters. The molecule has 0 saturated carbocycles. The predicted octanol–water partition coefficient (Wildman–Crippen LogP) is 2.60. The van der Waals surface area contributed by atoms with Crippen molar-refractivity contribution in [1.82, 2.24) is 0 Å². The van der Waals surface area contributed by atoms with E-state index in [0.717, 1.165) is 6.07 Å². The van der Waals surface area contributed by atoms with Gasteiger partial charge in [0.15, 0.2) is 0 Å². The number of halogens is 4. The molecule has 0 radical (unpaired) electrons. The minimum absolute atomic E-state index is 0.0457. The average molecular weight is 294 g/mol. The van der Waals surface area contributed by atoms with Crippen molar-refractivity contribution >= 4 is 11.6 Å². The van der Waals surface area contributed by atoms with E-state index in [2.05, 4.69) is 0 Å². The van der Waals surface area contributed by atoms with Crippen molar-refractivity contribution in [3.63, 3.8) is 0 Å². The smallest absolute Gasteiger partial charge is 0.390 e. The average Bonchev–Trinajstić information content (AvgIpc) is 2.36. The lowest BCUT2D eigenvalue weighted by molar-refractivity contribution is -0.137. The van der Waals surface area contributed by atoms with Crippen LogP contribution < -0.4 is 0 Å². The number of nitriles is 1. The van der Waals surface area contributed by atoms with Crippen LogP contribution in [0.5, 0.6) is 0 Å². The highest BCUT2D eigenvalue weighted by molar-refractivity contribution is 6.17. The van der Waals surface area contributed by atoms with Gasteiger partial charge in [-0.05, 0) is 24.1 Å². The first-order chi connectivity index (χ1) is 8.81. The van der Waals surface area contributed by atoms with Gasteiger partial charge in [-0.3, -0.25) is 0 Å². The van der Waals surface area contributed by atoms with Gasteiger partial charge in [0.2, 0.25) is 0 Å². The Bertz CT molecular complexity index is 485. The second-order valence-corrected chi connectivity index (χ2v) is 4.28. The van der Waals surface area contributed by atoms with Gasteiger partial charge < -0.3 is 10.2 Å². The lowest BCUT2D eigenvalue weighted by Crippen LogP contribution is -2.19. The molecule has 19 heavy (non-hydrogen) atoms. The number of nitrogens with zero attached hydrogens (tertiary/aromatic N) is 1. The Morgan fingerprint density at radius 1 is 1.32 bits per heavy atom. The minimum atomic E-state index is -4.70. The predicted molar refractivity (Wildman–Crippen MR) is 62.5 cm³/mol. The van der Waals surface area contributed by atoms with Crippen molar-refractivity contribution in [2.75, 3.05) is 5.88 Å². The van der Waals surface area contributed by atoms with Crippen molar-refractivity contribution in [3.8, 4) is 6.07 Å². The summed E-state index contributed by atoms with van der Waals surface area (Å²) >= 11 is 5.39. The summed E-state index contributed by atoms with van der Waals surface area (Å²) in [7, 11) is 0. The first-order valence-corrected chi connectivity index (χ1v) is 5.88. The van der Waals surface area contributed by atoms with Crippen LogP contribution in [0.15, 0.2) is 18.2 Å². The molecule has 2 unspecified atom stereocenters. The molecule has 1 rings (SSSR count). The summed E-state index contributed by atoms with van der Waals surface area (Å²) in [5.41, 5.74) is -1.77. The molecule has 1 aromatic carbocycles. The summed E-state index contributed by atoms with van der Waals surface area (Å²) in [6, 6.07) is 4.25. The zero-order valence-electron chi connectivity index (χ0n) is 9.65. The zero-order chi connectivity index (χ0) is 14.6. The van der Waals surface area contributed by atoms with Crippen LogP contribution in [0, 0.1) is 11.3 Å². The van der Waals surface area contributed by atoms with Crippen LogP contribution >= 0.6 is 11.6 Å². The van der Waals surface area contributed by atoms with E-state index in [9.17, 15) is 23.4 Å². The number of hydrogen-bond acceptors (Lipinski definition) is 3. The van der Waals surface area contributed by atoms with Gasteiger partial charge in [0, 0.05) is 5.88 Å². The largest absolute Gasteiger partial charge is 0.417 e. The third-order valence-corrected chi connectivity index (χ3v) is 2.80. The molecule has 0 amide bonds. The lowest BCUT2D eigenvalue weighted by Gasteiger charge is -2.19. The van der Waals surface area contributed by atoms with Gasteiger partial charge in [0.25, 0.3) is 0 Å². The summed E-state index contributed by atoms with van der Waals surface area (Å²) in [5.74, 6) is 0.0701. The molecule has 3 nitrogen and oxygen atoms in total. The van der Waals surface area contributed by atoms with Crippen LogP contribution in [-0.2, 0) is 6.18 Å². The van der Waals surface area contributed by atoms with E-state index in [-0.39, 0.29) is 17.9 Å². The fourth-order valence-corrected chi connectivity index (χ4v) is 1.79. The molecule has 1 aromatic rings. The van der Waals surface area contributed by atoms with E-state index < -0.39 is 29.5 Å². The highest BCUT2D eigenvalue weighted by Gasteiger charge is 2.34. The van der Waals surface area contributed by atoms with Crippen LogP contribution in [-0.4, -0.2) is 22.2 Å². The quantitative estimate of drug-likeness (QED) is 0.839. The highest BCUT2D eigenvalue weighted by atomic mass is 35.5. The second kappa shape index (κ2) is 6.24. The molecule has 104 valence electrons. The number of hydrogen-bond donors (Lipinski definition) is 2. The SMILES string of the molecule is N#Cc1ccc(C(O)C(O)CCCl)cc1C(F)(F)F. The van der Waals surface area contributed by atoms with E-state index in [0.29, 0.717) is 6.07 Å². The van der Waals surface area contributed by atoms with Crippen molar-refractivity contribution in [2.24, 2.45) is 0 Å². The van der Waals surface area contributed by atoms with Crippen LogP contribution in [0.2, 0.25) is 0 Å². The van der Waals surface area contributed by atoms with E-state index in [4.69, 9.17) is 16.9 Å². The van der Waals surface area contributed by atoms with Gasteiger partial charge in [0.1, 0.15) is 6.10 Å². The van der Waals surface area contributed by atoms with E-state index >= 15 is 0 Å². The Hall–Kier alpha value is -1.29. The molecule has 0 fully saturated rings. The molecule has 0 aliphatic rings. The highest BCUT2D eigenvalue weighted by Crippen LogP contribution is 2.34. The topological polar surface area (TPSA) is 64.2 Å². The summed E-state index contributed by atoms with van der Waals surface area (Å²) in [6.07, 6.45) is -7.39. The number of alkyl halides is 4. The Morgan fingerprint density at radius 3 is 2.42 bits per heavy atom. The summed E-state index contributed by atoms with van der Waals surface area (Å²) < 4.78 is 38.1. The number of rotatable bonds is 4. The van der Waals surface area contributed by atoms with Gasteiger partial charge in [-0.25, -0.2) is 0 Å². The molecule has 0 aromatic heterocycles. The van der Waals surface area contributed by atoms with E-state index in [1.165, 1.54) is 12.1 Å². The zero-order valence-corrected chi connectivity index (χ0v) is 10.4. The summed E-state index contributed by atoms with van der Waals surface area (Å²) in [4.78, 5) is 0. The molecular formula is C12H11ClF3NO2. The van der Waals surface area contributed by atoms with Crippen molar-refractivity contribution in [1.29, 1.82) is 5.26 Å². The molecule has 0 aliphatic heterocycles. The van der Waals surface area contributed by atoms with Gasteiger partial charge in [-0.15, -0.1) is 11.6 Å². The Balaban J connectivity index is 3.16. The Kier molecular flexibility index (Phi) is 5.18. The molecule has 0 bridgehead atoms. The number of aliphatic hydroxyl groups is 2. The first-order valence-electron chi connectivity index (χ1n) is 5.34.